The number of hydrogen-bond donors (Lipinski definition) is 1. The van der Waals surface area contributed by atoms with E-state index in [0.29, 0.717) is 0 Å². The van der Waals surface area contributed by atoms with Gasteiger partial charge < -0.3 is 14.3 Å². The van der Waals surface area contributed by atoms with Crippen molar-refractivity contribution in [1.82, 2.24) is 0 Å². The summed E-state index contributed by atoms with van der Waals surface area (Å²) in [5.41, 5.74) is 0. The molecule has 1 heterocycles. The van der Waals surface area contributed by atoms with Gasteiger partial charge in [0.1, 0.15) is 5.76 Å². The SMILES string of the molecule is COC(=O)c1ccc(CCCCO)o1. The van der Waals surface area contributed by atoms with E-state index in [4.69, 9.17) is 9.52 Å². The molecule has 0 aliphatic carbocycles. The van der Waals surface area contributed by atoms with E-state index in [0.717, 1.165) is 25.0 Å². The molecule has 1 aromatic rings. The average molecular weight is 198 g/mol. The summed E-state index contributed by atoms with van der Waals surface area (Å²) in [4.78, 5) is 11.0. The highest BCUT2D eigenvalue weighted by Gasteiger charge is 2.10. The fourth-order valence-corrected chi connectivity index (χ4v) is 1.13. The molecule has 1 aromatic heterocycles. The Morgan fingerprint density at radius 2 is 2.29 bits per heavy atom. The Hall–Kier alpha value is -1.29. The third kappa shape index (κ3) is 2.88. The third-order valence-corrected chi connectivity index (χ3v) is 1.88. The van der Waals surface area contributed by atoms with Crippen LogP contribution >= 0.6 is 0 Å². The van der Waals surface area contributed by atoms with Crippen molar-refractivity contribution in [2.45, 2.75) is 19.3 Å². The van der Waals surface area contributed by atoms with E-state index in [1.54, 1.807) is 12.1 Å². The van der Waals surface area contributed by atoms with Crippen molar-refractivity contribution in [1.29, 1.82) is 0 Å². The normalized spacial score (nSPS) is 10.1. The highest BCUT2D eigenvalue weighted by atomic mass is 16.5. The molecule has 0 saturated carbocycles. The lowest BCUT2D eigenvalue weighted by atomic mass is 10.2. The van der Waals surface area contributed by atoms with E-state index in [9.17, 15) is 4.79 Å². The van der Waals surface area contributed by atoms with Crippen LogP contribution in [0.2, 0.25) is 0 Å². The van der Waals surface area contributed by atoms with Crippen LogP contribution in [0, 0.1) is 0 Å². The average Bonchev–Trinajstić information content (AvgIpc) is 2.66. The lowest BCUT2D eigenvalue weighted by molar-refractivity contribution is 0.0563. The molecule has 0 atom stereocenters. The summed E-state index contributed by atoms with van der Waals surface area (Å²) in [6.07, 6.45) is 2.33. The van der Waals surface area contributed by atoms with Crippen molar-refractivity contribution in [3.63, 3.8) is 0 Å². The number of hydrogen-bond acceptors (Lipinski definition) is 4. The monoisotopic (exact) mass is 198 g/mol. The number of furan rings is 1. The lowest BCUT2D eigenvalue weighted by Gasteiger charge is -1.95. The fourth-order valence-electron chi connectivity index (χ4n) is 1.13. The Kier molecular flexibility index (Phi) is 4.19. The van der Waals surface area contributed by atoms with E-state index >= 15 is 0 Å². The van der Waals surface area contributed by atoms with Gasteiger partial charge in [-0.3, -0.25) is 0 Å². The standard InChI is InChI=1S/C10H14O4/c1-13-10(12)9-6-5-8(14-9)4-2-3-7-11/h5-6,11H,2-4,7H2,1H3. The van der Waals surface area contributed by atoms with Crippen LogP contribution in [0.25, 0.3) is 0 Å². The Balaban J connectivity index is 2.46. The maximum atomic E-state index is 11.0. The van der Waals surface area contributed by atoms with E-state index in [-0.39, 0.29) is 12.4 Å². The molecule has 4 heteroatoms. The van der Waals surface area contributed by atoms with Crippen LogP contribution < -0.4 is 0 Å². The minimum atomic E-state index is -0.460. The Bertz CT molecular complexity index is 290. The summed E-state index contributed by atoms with van der Waals surface area (Å²) in [6.45, 7) is 0.185. The molecule has 0 fully saturated rings. The van der Waals surface area contributed by atoms with Crippen molar-refractivity contribution in [3.8, 4) is 0 Å². The zero-order chi connectivity index (χ0) is 10.4. The van der Waals surface area contributed by atoms with Gasteiger partial charge in [0, 0.05) is 13.0 Å². The first kappa shape index (κ1) is 10.8. The number of aliphatic hydroxyl groups excluding tert-OH is 1. The minimum Gasteiger partial charge on any atom is -0.463 e. The molecule has 0 spiro atoms. The number of rotatable bonds is 5. The molecule has 0 radical (unpaired) electrons. The number of esters is 1. The van der Waals surface area contributed by atoms with Gasteiger partial charge in [0.25, 0.3) is 0 Å². The molecule has 14 heavy (non-hydrogen) atoms. The fraction of sp³-hybridized carbons (Fsp3) is 0.500. The molecule has 0 aliphatic rings. The maximum absolute atomic E-state index is 11.0. The molecule has 0 bridgehead atoms. The minimum absolute atomic E-state index is 0.185. The Labute approximate surface area is 82.5 Å². The summed E-state index contributed by atoms with van der Waals surface area (Å²) < 4.78 is 9.73. The van der Waals surface area contributed by atoms with Crippen molar-refractivity contribution in [2.75, 3.05) is 13.7 Å². The highest BCUT2D eigenvalue weighted by molar-refractivity contribution is 5.86. The van der Waals surface area contributed by atoms with E-state index in [1.165, 1.54) is 7.11 Å². The van der Waals surface area contributed by atoms with Crippen LogP contribution in [0.4, 0.5) is 0 Å². The molecule has 4 nitrogen and oxygen atoms in total. The van der Waals surface area contributed by atoms with Gasteiger partial charge >= 0.3 is 5.97 Å². The van der Waals surface area contributed by atoms with Crippen LogP contribution in [-0.4, -0.2) is 24.8 Å². The van der Waals surface area contributed by atoms with Crippen molar-refractivity contribution < 1.29 is 19.1 Å². The summed E-state index contributed by atoms with van der Waals surface area (Å²) >= 11 is 0. The largest absolute Gasteiger partial charge is 0.463 e. The second-order valence-electron chi connectivity index (χ2n) is 2.94. The van der Waals surface area contributed by atoms with Gasteiger partial charge in [0.2, 0.25) is 5.76 Å². The van der Waals surface area contributed by atoms with Gasteiger partial charge in [-0.1, -0.05) is 0 Å². The second kappa shape index (κ2) is 5.44. The van der Waals surface area contributed by atoms with E-state index in [2.05, 4.69) is 4.74 Å². The zero-order valence-corrected chi connectivity index (χ0v) is 8.16. The Morgan fingerprint density at radius 3 is 2.93 bits per heavy atom. The van der Waals surface area contributed by atoms with Gasteiger partial charge in [0.15, 0.2) is 0 Å². The van der Waals surface area contributed by atoms with Crippen LogP contribution in [-0.2, 0) is 11.2 Å². The molecule has 0 saturated heterocycles. The van der Waals surface area contributed by atoms with Gasteiger partial charge in [0.05, 0.1) is 7.11 Å². The first-order chi connectivity index (χ1) is 6.77. The van der Waals surface area contributed by atoms with Gasteiger partial charge in [-0.2, -0.15) is 0 Å². The molecule has 0 unspecified atom stereocenters. The lowest BCUT2D eigenvalue weighted by Crippen LogP contribution is -1.98. The first-order valence-corrected chi connectivity index (χ1v) is 4.56. The highest BCUT2D eigenvalue weighted by Crippen LogP contribution is 2.11. The summed E-state index contributed by atoms with van der Waals surface area (Å²) in [5, 5.41) is 8.57. The third-order valence-electron chi connectivity index (χ3n) is 1.88. The predicted octanol–water partition coefficient (Wildman–Crippen LogP) is 1.38. The molecular weight excluding hydrogens is 184 g/mol. The topological polar surface area (TPSA) is 59.7 Å². The number of aryl methyl sites for hydroxylation is 1. The van der Waals surface area contributed by atoms with Gasteiger partial charge in [-0.25, -0.2) is 4.79 Å². The van der Waals surface area contributed by atoms with E-state index in [1.807, 2.05) is 0 Å². The van der Waals surface area contributed by atoms with Crippen molar-refractivity contribution in [3.05, 3.63) is 23.7 Å². The Morgan fingerprint density at radius 1 is 1.50 bits per heavy atom. The van der Waals surface area contributed by atoms with Gasteiger partial charge in [-0.15, -0.1) is 0 Å². The van der Waals surface area contributed by atoms with Crippen LogP contribution in [0.15, 0.2) is 16.5 Å². The quantitative estimate of drug-likeness (QED) is 0.573. The van der Waals surface area contributed by atoms with Crippen molar-refractivity contribution in [2.24, 2.45) is 0 Å². The van der Waals surface area contributed by atoms with Gasteiger partial charge in [-0.05, 0) is 25.0 Å². The van der Waals surface area contributed by atoms with Crippen molar-refractivity contribution >= 4 is 5.97 Å². The number of methoxy groups -OCH3 is 1. The number of carbonyl (C=O) groups is 1. The molecule has 0 aromatic carbocycles. The molecule has 0 aliphatic heterocycles. The maximum Gasteiger partial charge on any atom is 0.373 e. The predicted molar refractivity (Wildman–Crippen MR) is 50.1 cm³/mol. The molecule has 78 valence electrons. The first-order valence-electron chi connectivity index (χ1n) is 4.56. The summed E-state index contributed by atoms with van der Waals surface area (Å²) in [5.74, 6) is 0.517. The smallest absolute Gasteiger partial charge is 0.373 e. The number of aliphatic hydroxyl groups is 1. The summed E-state index contributed by atoms with van der Waals surface area (Å²) in [6, 6.07) is 3.35. The van der Waals surface area contributed by atoms with E-state index < -0.39 is 5.97 Å². The van der Waals surface area contributed by atoms with Crippen LogP contribution in [0.1, 0.15) is 29.2 Å². The second-order valence-corrected chi connectivity index (χ2v) is 2.94. The number of ether oxygens (including phenoxy) is 1. The number of carbonyl (C=O) groups excluding carboxylic acids is 1. The molecule has 1 N–H and O–H groups in total. The zero-order valence-electron chi connectivity index (χ0n) is 8.16. The summed E-state index contributed by atoms with van der Waals surface area (Å²) in [7, 11) is 1.32. The van der Waals surface area contributed by atoms with Crippen LogP contribution in [0.5, 0.6) is 0 Å². The van der Waals surface area contributed by atoms with Crippen LogP contribution in [0.3, 0.4) is 0 Å². The molecule has 0 amide bonds. The molecular formula is C10H14O4. The molecule has 1 rings (SSSR count). The number of unbranched alkanes of at least 4 members (excludes halogenated alkanes) is 1.